The molecule has 0 spiro atoms. The van der Waals surface area contributed by atoms with Crippen LogP contribution in [0.4, 0.5) is 0 Å². The lowest BCUT2D eigenvalue weighted by Gasteiger charge is -2.49. The molecule has 1 aromatic rings. The predicted molar refractivity (Wildman–Crippen MR) is 98.2 cm³/mol. The molecule has 0 bridgehead atoms. The lowest BCUT2D eigenvalue weighted by atomic mass is 9.58. The Labute approximate surface area is 146 Å². The molecule has 1 N–H and O–H groups in total. The van der Waals surface area contributed by atoms with Gasteiger partial charge in [0, 0.05) is 25.1 Å². The molecule has 1 aliphatic carbocycles. The first-order valence-corrected chi connectivity index (χ1v) is 9.02. The summed E-state index contributed by atoms with van der Waals surface area (Å²) >= 11 is 0. The highest BCUT2D eigenvalue weighted by Crippen LogP contribution is 2.49. The molecule has 136 valence electrons. The van der Waals surface area contributed by atoms with Crippen molar-refractivity contribution in [2.45, 2.75) is 51.0 Å². The van der Waals surface area contributed by atoms with Crippen LogP contribution in [0.1, 0.15) is 45.1 Å². The van der Waals surface area contributed by atoms with E-state index in [1.54, 1.807) is 21.3 Å². The third kappa shape index (κ3) is 4.04. The van der Waals surface area contributed by atoms with Gasteiger partial charge in [-0.05, 0) is 42.9 Å². The third-order valence-corrected chi connectivity index (χ3v) is 5.28. The van der Waals surface area contributed by atoms with Gasteiger partial charge in [0.05, 0.1) is 20.8 Å². The lowest BCUT2D eigenvalue weighted by Crippen LogP contribution is -2.54. The van der Waals surface area contributed by atoms with Gasteiger partial charge >= 0.3 is 0 Å². The van der Waals surface area contributed by atoms with Crippen molar-refractivity contribution in [3.63, 3.8) is 0 Å². The summed E-state index contributed by atoms with van der Waals surface area (Å²) < 4.78 is 16.2. The Morgan fingerprint density at radius 1 is 1.08 bits per heavy atom. The molecule has 0 saturated heterocycles. The molecule has 0 amide bonds. The van der Waals surface area contributed by atoms with Gasteiger partial charge in [-0.25, -0.2) is 0 Å². The number of hydrogen-bond donors (Lipinski definition) is 1. The summed E-state index contributed by atoms with van der Waals surface area (Å²) in [6.45, 7) is 6.23. The molecule has 2 rings (SSSR count). The summed E-state index contributed by atoms with van der Waals surface area (Å²) in [5.41, 5.74) is 1.55. The Balaban J connectivity index is 2.29. The summed E-state index contributed by atoms with van der Waals surface area (Å²) in [7, 11) is 5.15. The Morgan fingerprint density at radius 3 is 2.29 bits per heavy atom. The van der Waals surface area contributed by atoms with Crippen LogP contribution in [0.2, 0.25) is 0 Å². The maximum atomic E-state index is 5.53. The molecule has 1 aromatic carbocycles. The molecule has 1 aliphatic rings. The van der Waals surface area contributed by atoms with Gasteiger partial charge in [0.15, 0.2) is 11.5 Å². The molecule has 0 radical (unpaired) electrons. The van der Waals surface area contributed by atoms with E-state index >= 15 is 0 Å². The van der Waals surface area contributed by atoms with Crippen LogP contribution < -0.4 is 14.8 Å². The second kappa shape index (κ2) is 8.72. The molecule has 1 unspecified atom stereocenters. The zero-order valence-electron chi connectivity index (χ0n) is 15.9. The zero-order valence-corrected chi connectivity index (χ0v) is 15.9. The predicted octanol–water partition coefficient (Wildman–Crippen LogP) is 3.78. The van der Waals surface area contributed by atoms with Crippen LogP contribution in [-0.4, -0.2) is 40.5 Å². The number of rotatable bonds is 10. The quantitative estimate of drug-likeness (QED) is 0.661. The van der Waals surface area contributed by atoms with Crippen molar-refractivity contribution in [2.75, 3.05) is 34.5 Å². The fourth-order valence-corrected chi connectivity index (χ4v) is 3.85. The van der Waals surface area contributed by atoms with E-state index in [4.69, 9.17) is 14.2 Å². The summed E-state index contributed by atoms with van der Waals surface area (Å²) in [5.74, 6) is 2.27. The van der Waals surface area contributed by atoms with Gasteiger partial charge in [0.1, 0.15) is 0 Å². The minimum absolute atomic E-state index is 0.192. The molecule has 0 aliphatic heterocycles. The Hall–Kier alpha value is -1.26. The van der Waals surface area contributed by atoms with Crippen LogP contribution in [0.3, 0.4) is 0 Å². The minimum atomic E-state index is 0.192. The fourth-order valence-electron chi connectivity index (χ4n) is 3.85. The van der Waals surface area contributed by atoms with Crippen LogP contribution in [0, 0.1) is 5.92 Å². The van der Waals surface area contributed by atoms with Gasteiger partial charge in [0.25, 0.3) is 0 Å². The van der Waals surface area contributed by atoms with E-state index in [9.17, 15) is 0 Å². The van der Waals surface area contributed by atoms with Gasteiger partial charge in [-0.1, -0.05) is 26.3 Å². The third-order valence-electron chi connectivity index (χ3n) is 5.28. The standard InChI is InChI=1S/C20H33NO3/c1-15(2)13-19(21-11-12-22-3)20(9-6-10-20)16-7-8-17(23-4)18(14-16)24-5/h7-8,14-15,19,21H,6,9-13H2,1-5H3. The normalized spacial score (nSPS) is 17.4. The van der Waals surface area contributed by atoms with Crippen molar-refractivity contribution in [1.29, 1.82) is 0 Å². The van der Waals surface area contributed by atoms with E-state index in [2.05, 4.69) is 31.3 Å². The highest BCUT2D eigenvalue weighted by atomic mass is 16.5. The number of nitrogens with one attached hydrogen (secondary N) is 1. The van der Waals surface area contributed by atoms with E-state index < -0.39 is 0 Å². The van der Waals surface area contributed by atoms with Crippen LogP contribution in [0.15, 0.2) is 18.2 Å². The molecular formula is C20H33NO3. The summed E-state index contributed by atoms with van der Waals surface area (Å²) in [6, 6.07) is 6.88. The number of ether oxygens (including phenoxy) is 3. The maximum absolute atomic E-state index is 5.53. The second-order valence-electron chi connectivity index (χ2n) is 7.21. The fraction of sp³-hybridized carbons (Fsp3) is 0.700. The minimum Gasteiger partial charge on any atom is -0.493 e. The van der Waals surface area contributed by atoms with Gasteiger partial charge in [-0.15, -0.1) is 0 Å². The number of methoxy groups -OCH3 is 3. The highest BCUT2D eigenvalue weighted by Gasteiger charge is 2.45. The van der Waals surface area contributed by atoms with Crippen molar-refractivity contribution in [3.05, 3.63) is 23.8 Å². The number of benzene rings is 1. The van der Waals surface area contributed by atoms with Crippen molar-refractivity contribution in [3.8, 4) is 11.5 Å². The van der Waals surface area contributed by atoms with E-state index in [-0.39, 0.29) is 5.41 Å². The Bertz CT molecular complexity index is 512. The van der Waals surface area contributed by atoms with Crippen molar-refractivity contribution >= 4 is 0 Å². The summed E-state index contributed by atoms with van der Waals surface area (Å²) in [6.07, 6.45) is 4.90. The topological polar surface area (TPSA) is 39.7 Å². The van der Waals surface area contributed by atoms with E-state index in [0.717, 1.165) is 31.1 Å². The van der Waals surface area contributed by atoms with Crippen molar-refractivity contribution in [2.24, 2.45) is 5.92 Å². The van der Waals surface area contributed by atoms with E-state index in [0.29, 0.717) is 12.0 Å². The first-order valence-electron chi connectivity index (χ1n) is 9.02. The molecule has 0 aromatic heterocycles. The first kappa shape index (κ1) is 19.1. The molecule has 4 nitrogen and oxygen atoms in total. The van der Waals surface area contributed by atoms with Crippen LogP contribution in [0.5, 0.6) is 11.5 Å². The van der Waals surface area contributed by atoms with Crippen molar-refractivity contribution < 1.29 is 14.2 Å². The molecular weight excluding hydrogens is 302 g/mol. The second-order valence-corrected chi connectivity index (χ2v) is 7.21. The van der Waals surface area contributed by atoms with E-state index in [1.807, 2.05) is 6.07 Å². The van der Waals surface area contributed by atoms with Gasteiger partial charge in [-0.3, -0.25) is 0 Å². The lowest BCUT2D eigenvalue weighted by molar-refractivity contribution is 0.134. The Kier molecular flexibility index (Phi) is 6.93. The summed E-state index contributed by atoms with van der Waals surface area (Å²) in [4.78, 5) is 0. The monoisotopic (exact) mass is 335 g/mol. The Morgan fingerprint density at radius 2 is 1.79 bits per heavy atom. The van der Waals surface area contributed by atoms with Crippen LogP contribution in [-0.2, 0) is 10.2 Å². The van der Waals surface area contributed by atoms with Crippen molar-refractivity contribution in [1.82, 2.24) is 5.32 Å². The van der Waals surface area contributed by atoms with Crippen LogP contribution >= 0.6 is 0 Å². The van der Waals surface area contributed by atoms with E-state index in [1.165, 1.54) is 24.8 Å². The molecule has 1 fully saturated rings. The zero-order chi connectivity index (χ0) is 17.6. The smallest absolute Gasteiger partial charge is 0.161 e. The highest BCUT2D eigenvalue weighted by molar-refractivity contribution is 5.46. The molecule has 4 heteroatoms. The SMILES string of the molecule is COCCNC(CC(C)C)C1(c2ccc(OC)c(OC)c2)CCC1. The maximum Gasteiger partial charge on any atom is 0.161 e. The molecule has 1 atom stereocenters. The molecule has 24 heavy (non-hydrogen) atoms. The first-order chi connectivity index (χ1) is 11.6. The van der Waals surface area contributed by atoms with Crippen LogP contribution in [0.25, 0.3) is 0 Å². The largest absolute Gasteiger partial charge is 0.493 e. The van der Waals surface area contributed by atoms with Gasteiger partial charge in [0.2, 0.25) is 0 Å². The van der Waals surface area contributed by atoms with Gasteiger partial charge < -0.3 is 19.5 Å². The summed E-state index contributed by atoms with van der Waals surface area (Å²) in [5, 5.41) is 3.76. The molecule has 1 saturated carbocycles. The average Bonchev–Trinajstić information content (AvgIpc) is 2.53. The average molecular weight is 335 g/mol. The molecule has 0 heterocycles. The number of hydrogen-bond acceptors (Lipinski definition) is 4. The van der Waals surface area contributed by atoms with Gasteiger partial charge in [-0.2, -0.15) is 0 Å².